The van der Waals surface area contributed by atoms with Crippen LogP contribution in [-0.2, 0) is 17.5 Å². The van der Waals surface area contributed by atoms with Gasteiger partial charge in [-0.15, -0.1) is 0 Å². The summed E-state index contributed by atoms with van der Waals surface area (Å²) in [5, 5.41) is 0.634. The first-order chi connectivity index (χ1) is 15.8. The van der Waals surface area contributed by atoms with Crippen molar-refractivity contribution in [1.82, 2.24) is 9.55 Å². The minimum Gasteiger partial charge on any atom is -0.323 e. The molecule has 33 heavy (non-hydrogen) atoms. The number of hydrogen-bond donors (Lipinski definition) is 0. The van der Waals surface area contributed by atoms with Gasteiger partial charge >= 0.3 is 6.18 Å². The smallest absolute Gasteiger partial charge is 0.323 e. The summed E-state index contributed by atoms with van der Waals surface area (Å²) in [6.07, 6.45) is -4.30. The number of benzene rings is 3. The summed E-state index contributed by atoms with van der Waals surface area (Å²) in [5.74, 6) is 0.233. The van der Waals surface area contributed by atoms with Gasteiger partial charge in [-0.05, 0) is 42.0 Å². The molecule has 2 heterocycles. The van der Waals surface area contributed by atoms with Gasteiger partial charge in [-0.25, -0.2) is 4.98 Å². The molecule has 3 aromatic carbocycles. The molecule has 168 valence electrons. The van der Waals surface area contributed by atoms with E-state index in [1.165, 1.54) is 17.0 Å². The third-order valence-corrected chi connectivity index (χ3v) is 6.31. The molecule has 0 unspecified atom stereocenters. The maximum atomic E-state index is 13.2. The molecule has 0 radical (unpaired) electrons. The second kappa shape index (κ2) is 8.23. The molecular formula is C25H19ClF3N3O. The maximum absolute atomic E-state index is 13.2. The lowest BCUT2D eigenvalue weighted by Crippen LogP contribution is -2.25. The Labute approximate surface area is 193 Å². The van der Waals surface area contributed by atoms with Crippen molar-refractivity contribution in [2.75, 3.05) is 11.4 Å². The van der Waals surface area contributed by atoms with Crippen molar-refractivity contribution in [3.63, 3.8) is 0 Å². The summed E-state index contributed by atoms with van der Waals surface area (Å²) < 4.78 is 41.6. The zero-order chi connectivity index (χ0) is 23.2. The molecule has 0 bridgehead atoms. The molecule has 4 nitrogen and oxygen atoms in total. The lowest BCUT2D eigenvalue weighted by molar-refractivity contribution is -0.137. The number of alkyl halides is 3. The van der Waals surface area contributed by atoms with Crippen LogP contribution in [0.4, 0.5) is 18.9 Å². The van der Waals surface area contributed by atoms with Crippen LogP contribution in [0, 0.1) is 0 Å². The fraction of sp³-hybridized carbons (Fsp3) is 0.200. The van der Waals surface area contributed by atoms with Crippen molar-refractivity contribution in [2.45, 2.75) is 25.1 Å². The van der Waals surface area contributed by atoms with Gasteiger partial charge in [0.2, 0.25) is 5.91 Å². The van der Waals surface area contributed by atoms with Crippen LogP contribution in [0.2, 0.25) is 5.02 Å². The maximum Gasteiger partial charge on any atom is 0.416 e. The fourth-order valence-electron chi connectivity index (χ4n) is 4.35. The Balaban J connectivity index is 1.52. The van der Waals surface area contributed by atoms with E-state index >= 15 is 0 Å². The first-order valence-electron chi connectivity index (χ1n) is 10.5. The monoisotopic (exact) mass is 469 g/mol. The molecule has 1 atom stereocenters. The molecule has 4 aromatic rings. The van der Waals surface area contributed by atoms with Crippen molar-refractivity contribution in [3.05, 3.63) is 94.8 Å². The number of para-hydroxylation sites is 2. The zero-order valence-corrected chi connectivity index (χ0v) is 18.1. The van der Waals surface area contributed by atoms with E-state index in [4.69, 9.17) is 16.6 Å². The highest BCUT2D eigenvalue weighted by Gasteiger charge is 2.36. The Morgan fingerprint density at radius 2 is 1.76 bits per heavy atom. The Hall–Kier alpha value is -3.32. The van der Waals surface area contributed by atoms with Gasteiger partial charge < -0.3 is 9.47 Å². The van der Waals surface area contributed by atoms with E-state index in [0.29, 0.717) is 11.6 Å². The van der Waals surface area contributed by atoms with Crippen LogP contribution in [0.1, 0.15) is 29.3 Å². The predicted octanol–water partition coefficient (Wildman–Crippen LogP) is 6.28. The Kier molecular flexibility index (Phi) is 5.37. The number of imidazole rings is 1. The first kappa shape index (κ1) is 21.5. The summed E-state index contributed by atoms with van der Waals surface area (Å²) in [6, 6.07) is 20.1. The van der Waals surface area contributed by atoms with Crippen molar-refractivity contribution in [2.24, 2.45) is 0 Å². The minimum absolute atomic E-state index is 0.169. The molecule has 5 rings (SSSR count). The molecule has 0 saturated carbocycles. The first-order valence-corrected chi connectivity index (χ1v) is 10.9. The van der Waals surface area contributed by atoms with Gasteiger partial charge in [0, 0.05) is 29.6 Å². The summed E-state index contributed by atoms with van der Waals surface area (Å²) in [5.41, 5.74) is 2.10. The van der Waals surface area contributed by atoms with E-state index in [1.807, 2.05) is 53.1 Å². The largest absolute Gasteiger partial charge is 0.416 e. The summed E-state index contributed by atoms with van der Waals surface area (Å²) in [7, 11) is 0. The molecule has 0 aliphatic carbocycles. The second-order valence-electron chi connectivity index (χ2n) is 8.09. The lowest BCUT2D eigenvalue weighted by Gasteiger charge is -2.19. The molecule has 1 aliphatic rings. The average Bonchev–Trinajstić information content (AvgIpc) is 3.35. The van der Waals surface area contributed by atoms with Gasteiger partial charge in [0.1, 0.15) is 5.82 Å². The molecule has 1 aromatic heterocycles. The van der Waals surface area contributed by atoms with Gasteiger partial charge in [-0.3, -0.25) is 4.79 Å². The van der Waals surface area contributed by atoms with Crippen LogP contribution in [0.25, 0.3) is 11.0 Å². The van der Waals surface area contributed by atoms with Crippen LogP contribution in [0.5, 0.6) is 0 Å². The summed E-state index contributed by atoms with van der Waals surface area (Å²) in [6.45, 7) is 0.732. The van der Waals surface area contributed by atoms with Crippen LogP contribution in [-0.4, -0.2) is 22.0 Å². The number of carbonyl (C=O) groups excluding carboxylic acids is 1. The summed E-state index contributed by atoms with van der Waals surface area (Å²) in [4.78, 5) is 19.1. The van der Waals surface area contributed by atoms with Crippen LogP contribution in [0.15, 0.2) is 72.8 Å². The number of rotatable bonds is 4. The highest BCUT2D eigenvalue weighted by atomic mass is 35.5. The van der Waals surface area contributed by atoms with E-state index in [-0.39, 0.29) is 30.5 Å². The fourth-order valence-corrected chi connectivity index (χ4v) is 4.54. The van der Waals surface area contributed by atoms with Crippen molar-refractivity contribution >= 4 is 34.2 Å². The lowest BCUT2D eigenvalue weighted by atomic mass is 10.1. The Bertz CT molecular complexity index is 1350. The number of nitrogens with zero attached hydrogens (tertiary/aromatic N) is 3. The standard InChI is InChI=1S/C25H19ClF3N3O/c26-20-9-2-1-6-16(20)14-32-22-11-4-3-10-21(22)30-24(32)17-12-23(33)31(15-17)19-8-5-7-18(13-19)25(27,28)29/h1-11,13,17H,12,14-15H2/t17-/m1/s1. The van der Waals surface area contributed by atoms with Gasteiger partial charge in [0.25, 0.3) is 0 Å². The van der Waals surface area contributed by atoms with Gasteiger partial charge in [-0.2, -0.15) is 13.2 Å². The highest BCUT2D eigenvalue weighted by molar-refractivity contribution is 6.31. The Morgan fingerprint density at radius 3 is 2.55 bits per heavy atom. The number of fused-ring (bicyclic) bond motifs is 1. The number of anilines is 1. The number of hydrogen-bond acceptors (Lipinski definition) is 2. The normalized spacial score (nSPS) is 16.7. The highest BCUT2D eigenvalue weighted by Crippen LogP contribution is 2.36. The second-order valence-corrected chi connectivity index (χ2v) is 8.50. The van der Waals surface area contributed by atoms with E-state index in [1.54, 1.807) is 0 Å². The average molecular weight is 470 g/mol. The number of amides is 1. The van der Waals surface area contributed by atoms with Gasteiger partial charge in [0.05, 0.1) is 23.1 Å². The molecule has 1 aliphatic heterocycles. The van der Waals surface area contributed by atoms with E-state index in [0.717, 1.165) is 34.6 Å². The third-order valence-electron chi connectivity index (χ3n) is 5.95. The summed E-state index contributed by atoms with van der Waals surface area (Å²) >= 11 is 6.39. The molecular weight excluding hydrogens is 451 g/mol. The molecule has 8 heteroatoms. The quantitative estimate of drug-likeness (QED) is 0.353. The molecule has 0 spiro atoms. The van der Waals surface area contributed by atoms with Crippen molar-refractivity contribution < 1.29 is 18.0 Å². The van der Waals surface area contributed by atoms with Gasteiger partial charge in [-0.1, -0.05) is 48.0 Å². The van der Waals surface area contributed by atoms with E-state index in [2.05, 4.69) is 0 Å². The SMILES string of the molecule is O=C1C[C@@H](c2nc3ccccc3n2Cc2ccccc2Cl)CN1c1cccc(C(F)(F)F)c1. The topological polar surface area (TPSA) is 38.1 Å². The van der Waals surface area contributed by atoms with Gasteiger partial charge in [0.15, 0.2) is 0 Å². The predicted molar refractivity (Wildman–Crippen MR) is 121 cm³/mol. The van der Waals surface area contributed by atoms with E-state index < -0.39 is 11.7 Å². The molecule has 1 amide bonds. The van der Waals surface area contributed by atoms with Crippen LogP contribution < -0.4 is 4.90 Å². The van der Waals surface area contributed by atoms with Crippen LogP contribution >= 0.6 is 11.6 Å². The Morgan fingerprint density at radius 1 is 1.00 bits per heavy atom. The minimum atomic E-state index is -4.47. The zero-order valence-electron chi connectivity index (χ0n) is 17.4. The number of carbonyl (C=O) groups is 1. The molecule has 1 fully saturated rings. The number of aromatic nitrogens is 2. The van der Waals surface area contributed by atoms with Crippen molar-refractivity contribution in [3.8, 4) is 0 Å². The van der Waals surface area contributed by atoms with Crippen LogP contribution in [0.3, 0.4) is 0 Å². The molecule has 1 saturated heterocycles. The number of halogens is 4. The van der Waals surface area contributed by atoms with Crippen molar-refractivity contribution in [1.29, 1.82) is 0 Å². The third kappa shape index (κ3) is 4.09. The van der Waals surface area contributed by atoms with E-state index in [9.17, 15) is 18.0 Å². The molecule has 0 N–H and O–H groups in total.